The Morgan fingerprint density at radius 3 is 2.88 bits per heavy atom. The van der Waals surface area contributed by atoms with E-state index in [9.17, 15) is 0 Å². The minimum absolute atomic E-state index is 0.419. The van der Waals surface area contributed by atoms with E-state index in [0.29, 0.717) is 12.0 Å². The molecule has 1 aliphatic heterocycles. The minimum atomic E-state index is 0.419. The van der Waals surface area contributed by atoms with Gasteiger partial charge in [-0.05, 0) is 27.3 Å². The van der Waals surface area contributed by atoms with Crippen molar-refractivity contribution < 1.29 is 4.74 Å². The second-order valence-electron chi connectivity index (χ2n) is 4.41. The van der Waals surface area contributed by atoms with Crippen LogP contribution in [-0.2, 0) is 11.3 Å². The van der Waals surface area contributed by atoms with Gasteiger partial charge >= 0.3 is 0 Å². The SMILES string of the molecule is CNC(Cn1nc(C)nc1C)C1CCOC1. The van der Waals surface area contributed by atoms with Crippen molar-refractivity contribution in [1.82, 2.24) is 20.1 Å². The molecule has 2 heterocycles. The molecule has 16 heavy (non-hydrogen) atoms. The quantitative estimate of drug-likeness (QED) is 0.810. The molecular formula is C11H20N4O. The maximum absolute atomic E-state index is 5.43. The monoisotopic (exact) mass is 224 g/mol. The van der Waals surface area contributed by atoms with Crippen molar-refractivity contribution >= 4 is 0 Å². The highest BCUT2D eigenvalue weighted by Gasteiger charge is 2.25. The fraction of sp³-hybridized carbons (Fsp3) is 0.818. The molecule has 1 fully saturated rings. The first-order valence-corrected chi connectivity index (χ1v) is 5.83. The zero-order valence-corrected chi connectivity index (χ0v) is 10.2. The van der Waals surface area contributed by atoms with Crippen LogP contribution in [0.25, 0.3) is 0 Å². The number of ether oxygens (including phenoxy) is 1. The molecule has 0 spiro atoms. The van der Waals surface area contributed by atoms with E-state index in [2.05, 4.69) is 15.4 Å². The lowest BCUT2D eigenvalue weighted by Crippen LogP contribution is -2.38. The molecule has 0 saturated carbocycles. The summed E-state index contributed by atoms with van der Waals surface area (Å²) < 4.78 is 7.41. The zero-order valence-electron chi connectivity index (χ0n) is 10.2. The molecular weight excluding hydrogens is 204 g/mol. The van der Waals surface area contributed by atoms with Crippen molar-refractivity contribution in [2.45, 2.75) is 32.9 Å². The smallest absolute Gasteiger partial charge is 0.147 e. The Labute approximate surface area is 96.2 Å². The van der Waals surface area contributed by atoms with Crippen molar-refractivity contribution in [2.75, 3.05) is 20.3 Å². The summed E-state index contributed by atoms with van der Waals surface area (Å²) in [6.07, 6.45) is 1.14. The lowest BCUT2D eigenvalue weighted by molar-refractivity contribution is 0.174. The van der Waals surface area contributed by atoms with Gasteiger partial charge in [0.05, 0.1) is 13.2 Å². The molecule has 1 N–H and O–H groups in total. The van der Waals surface area contributed by atoms with Crippen molar-refractivity contribution in [3.8, 4) is 0 Å². The largest absolute Gasteiger partial charge is 0.381 e. The number of aryl methyl sites for hydroxylation is 2. The van der Waals surface area contributed by atoms with Crippen LogP contribution in [0.15, 0.2) is 0 Å². The second-order valence-corrected chi connectivity index (χ2v) is 4.41. The Morgan fingerprint density at radius 1 is 1.56 bits per heavy atom. The third kappa shape index (κ3) is 2.41. The second kappa shape index (κ2) is 4.93. The summed E-state index contributed by atoms with van der Waals surface area (Å²) in [5, 5.41) is 7.75. The van der Waals surface area contributed by atoms with Crippen LogP contribution in [0.5, 0.6) is 0 Å². The molecule has 0 bridgehead atoms. The topological polar surface area (TPSA) is 52.0 Å². The number of rotatable bonds is 4. The lowest BCUT2D eigenvalue weighted by Gasteiger charge is -2.21. The van der Waals surface area contributed by atoms with Gasteiger partial charge < -0.3 is 10.1 Å². The molecule has 1 aliphatic rings. The first-order chi connectivity index (χ1) is 7.70. The van der Waals surface area contributed by atoms with Crippen molar-refractivity contribution in [1.29, 1.82) is 0 Å². The van der Waals surface area contributed by atoms with E-state index in [4.69, 9.17) is 4.74 Å². The molecule has 90 valence electrons. The Morgan fingerprint density at radius 2 is 2.38 bits per heavy atom. The van der Waals surface area contributed by atoms with Crippen LogP contribution < -0.4 is 5.32 Å². The van der Waals surface area contributed by atoms with Gasteiger partial charge in [0.2, 0.25) is 0 Å². The van der Waals surface area contributed by atoms with Crippen molar-refractivity contribution in [2.24, 2.45) is 5.92 Å². The predicted molar refractivity (Wildman–Crippen MR) is 61.3 cm³/mol. The van der Waals surface area contributed by atoms with Gasteiger partial charge in [0, 0.05) is 18.6 Å². The fourth-order valence-corrected chi connectivity index (χ4v) is 2.27. The summed E-state index contributed by atoms with van der Waals surface area (Å²) >= 11 is 0. The molecule has 2 rings (SSSR count). The molecule has 1 saturated heterocycles. The van der Waals surface area contributed by atoms with Crippen LogP contribution in [-0.4, -0.2) is 41.1 Å². The highest BCUT2D eigenvalue weighted by atomic mass is 16.5. The maximum Gasteiger partial charge on any atom is 0.147 e. The van der Waals surface area contributed by atoms with Gasteiger partial charge in [0.25, 0.3) is 0 Å². The van der Waals surface area contributed by atoms with E-state index in [1.165, 1.54) is 0 Å². The molecule has 1 aromatic rings. The molecule has 1 aromatic heterocycles. The maximum atomic E-state index is 5.43. The van der Waals surface area contributed by atoms with Gasteiger partial charge in [-0.25, -0.2) is 9.67 Å². The number of likely N-dealkylation sites (N-methyl/N-ethyl adjacent to an activating group) is 1. The van der Waals surface area contributed by atoms with Crippen LogP contribution in [0.3, 0.4) is 0 Å². The zero-order chi connectivity index (χ0) is 11.5. The Kier molecular flexibility index (Phi) is 3.56. The Bertz CT molecular complexity index is 344. The van der Waals surface area contributed by atoms with E-state index in [0.717, 1.165) is 37.8 Å². The third-order valence-corrected chi connectivity index (χ3v) is 3.24. The molecule has 0 amide bonds. The van der Waals surface area contributed by atoms with Gasteiger partial charge in [-0.15, -0.1) is 0 Å². The first kappa shape index (κ1) is 11.5. The van der Waals surface area contributed by atoms with Gasteiger partial charge in [-0.2, -0.15) is 5.10 Å². The van der Waals surface area contributed by atoms with Crippen LogP contribution >= 0.6 is 0 Å². The number of nitrogens with zero attached hydrogens (tertiary/aromatic N) is 3. The molecule has 0 aromatic carbocycles. The van der Waals surface area contributed by atoms with E-state index < -0.39 is 0 Å². The summed E-state index contributed by atoms with van der Waals surface area (Å²) in [6, 6.07) is 0.419. The molecule has 0 radical (unpaired) electrons. The summed E-state index contributed by atoms with van der Waals surface area (Å²) in [7, 11) is 2.00. The number of hydrogen-bond acceptors (Lipinski definition) is 4. The Hall–Kier alpha value is -0.940. The highest BCUT2D eigenvalue weighted by Crippen LogP contribution is 2.18. The van der Waals surface area contributed by atoms with Crippen LogP contribution in [0.4, 0.5) is 0 Å². The summed E-state index contributed by atoms with van der Waals surface area (Å²) in [5.41, 5.74) is 0. The summed E-state index contributed by atoms with van der Waals surface area (Å²) in [4.78, 5) is 4.32. The molecule has 2 atom stereocenters. The van der Waals surface area contributed by atoms with Crippen molar-refractivity contribution in [3.05, 3.63) is 11.6 Å². The molecule has 5 heteroatoms. The molecule has 0 aliphatic carbocycles. The standard InChI is InChI=1S/C11H20N4O/c1-8-13-9(2)15(14-8)6-11(12-3)10-4-5-16-7-10/h10-12H,4-7H2,1-3H3. The van der Waals surface area contributed by atoms with Gasteiger partial charge in [-0.3, -0.25) is 0 Å². The van der Waals surface area contributed by atoms with Gasteiger partial charge in [0.15, 0.2) is 0 Å². The van der Waals surface area contributed by atoms with E-state index in [1.807, 2.05) is 25.6 Å². The minimum Gasteiger partial charge on any atom is -0.381 e. The highest BCUT2D eigenvalue weighted by molar-refractivity contribution is 4.89. The van der Waals surface area contributed by atoms with Gasteiger partial charge in [0.1, 0.15) is 11.6 Å². The van der Waals surface area contributed by atoms with E-state index >= 15 is 0 Å². The number of hydrogen-bond donors (Lipinski definition) is 1. The predicted octanol–water partition coefficient (Wildman–Crippen LogP) is 0.519. The lowest BCUT2D eigenvalue weighted by atomic mass is 9.99. The summed E-state index contributed by atoms with van der Waals surface area (Å²) in [5.74, 6) is 2.42. The number of aromatic nitrogens is 3. The molecule has 2 unspecified atom stereocenters. The van der Waals surface area contributed by atoms with Crippen molar-refractivity contribution in [3.63, 3.8) is 0 Å². The average molecular weight is 224 g/mol. The van der Waals surface area contributed by atoms with E-state index in [1.54, 1.807) is 0 Å². The van der Waals surface area contributed by atoms with Crippen LogP contribution in [0.2, 0.25) is 0 Å². The van der Waals surface area contributed by atoms with E-state index in [-0.39, 0.29) is 0 Å². The normalized spacial score (nSPS) is 22.6. The Balaban J connectivity index is 2.03. The first-order valence-electron chi connectivity index (χ1n) is 5.83. The van der Waals surface area contributed by atoms with Crippen LogP contribution in [0, 0.1) is 19.8 Å². The van der Waals surface area contributed by atoms with Gasteiger partial charge in [-0.1, -0.05) is 0 Å². The third-order valence-electron chi connectivity index (χ3n) is 3.24. The van der Waals surface area contributed by atoms with Crippen LogP contribution in [0.1, 0.15) is 18.1 Å². The average Bonchev–Trinajstić information content (AvgIpc) is 2.85. The number of nitrogens with one attached hydrogen (secondary N) is 1. The summed E-state index contributed by atoms with van der Waals surface area (Å²) in [6.45, 7) is 6.54. The molecule has 5 nitrogen and oxygen atoms in total. The fourth-order valence-electron chi connectivity index (χ4n) is 2.27.